The van der Waals surface area contributed by atoms with E-state index in [-0.39, 0.29) is 0 Å². The molecule has 0 bridgehead atoms. The van der Waals surface area contributed by atoms with Gasteiger partial charge in [0.25, 0.3) is 0 Å². The van der Waals surface area contributed by atoms with Gasteiger partial charge in [0.15, 0.2) is 0 Å². The van der Waals surface area contributed by atoms with Gasteiger partial charge in [-0.2, -0.15) is 0 Å². The fourth-order valence-electron chi connectivity index (χ4n) is 1.29. The van der Waals surface area contributed by atoms with Crippen molar-refractivity contribution in [2.75, 3.05) is 0 Å². The summed E-state index contributed by atoms with van der Waals surface area (Å²) in [5.41, 5.74) is -0.529. The Morgan fingerprint density at radius 3 is 2.08 bits per heavy atom. The highest BCUT2D eigenvalue weighted by atomic mass is 16.3. The molecule has 68 valence electrons. The second kappa shape index (κ2) is 3.76. The summed E-state index contributed by atoms with van der Waals surface area (Å²) in [7, 11) is 0. The van der Waals surface area contributed by atoms with Crippen molar-refractivity contribution in [1.29, 1.82) is 0 Å². The van der Waals surface area contributed by atoms with Crippen LogP contribution in [0.4, 0.5) is 0 Å². The Hall–Kier alpha value is -0.760. The molecule has 0 aliphatic carbocycles. The topological polar surface area (TPSA) is 25.2 Å². The molecule has 1 aromatic rings. The third-order valence-electron chi connectivity index (χ3n) is 2.46. The summed E-state index contributed by atoms with van der Waals surface area (Å²) in [5.74, 6) is 0. The van der Waals surface area contributed by atoms with Gasteiger partial charge in [-0.1, -0.05) is 13.8 Å². The summed E-state index contributed by atoms with van der Waals surface area (Å²) >= 11 is 0. The van der Waals surface area contributed by atoms with Crippen LogP contribution in [0.5, 0.6) is 0 Å². The quantitative estimate of drug-likeness (QED) is 0.729. The van der Waals surface area contributed by atoms with E-state index in [0.717, 1.165) is 12.8 Å². The molecule has 0 amide bonds. The zero-order chi connectivity index (χ0) is 9.03. The smallest absolute Gasteiger partial charge is 0.0820 e. The molecule has 0 fully saturated rings. The van der Waals surface area contributed by atoms with E-state index < -0.39 is 5.60 Å². The molecule has 0 aliphatic heterocycles. The monoisotopic (exact) mass is 167 g/mol. The Balaban J connectivity index is 2.60. The second-order valence-electron chi connectivity index (χ2n) is 3.29. The number of nitrogens with zero attached hydrogens (tertiary/aromatic N) is 1. The fourth-order valence-corrected chi connectivity index (χ4v) is 1.29. The normalized spacial score (nSPS) is 11.9. The molecular formula is C10H17NO. The minimum Gasteiger partial charge on any atom is -0.388 e. The molecule has 0 radical (unpaired) electrons. The van der Waals surface area contributed by atoms with Crippen LogP contribution in [-0.4, -0.2) is 15.3 Å². The van der Waals surface area contributed by atoms with E-state index in [2.05, 4.69) is 0 Å². The predicted molar refractivity (Wildman–Crippen MR) is 50.0 cm³/mol. The number of aromatic nitrogens is 1. The molecule has 0 atom stereocenters. The molecule has 12 heavy (non-hydrogen) atoms. The van der Waals surface area contributed by atoms with Gasteiger partial charge in [0.05, 0.1) is 12.1 Å². The first-order chi connectivity index (χ1) is 5.70. The highest BCUT2D eigenvalue weighted by Gasteiger charge is 2.21. The minimum absolute atomic E-state index is 0.529. The number of hydrogen-bond donors (Lipinski definition) is 1. The van der Waals surface area contributed by atoms with Crippen LogP contribution in [0, 0.1) is 0 Å². The largest absolute Gasteiger partial charge is 0.388 e. The summed E-state index contributed by atoms with van der Waals surface area (Å²) in [6.07, 6.45) is 5.58. The van der Waals surface area contributed by atoms with Crippen LogP contribution in [0.15, 0.2) is 24.5 Å². The molecule has 1 aromatic heterocycles. The van der Waals surface area contributed by atoms with Crippen molar-refractivity contribution in [1.82, 2.24) is 4.57 Å². The molecule has 2 nitrogen and oxygen atoms in total. The molecule has 1 rings (SSSR count). The molecule has 0 aromatic carbocycles. The number of rotatable bonds is 4. The van der Waals surface area contributed by atoms with E-state index in [9.17, 15) is 5.11 Å². The molecule has 0 spiro atoms. The van der Waals surface area contributed by atoms with Gasteiger partial charge in [0.1, 0.15) is 0 Å². The lowest BCUT2D eigenvalue weighted by Gasteiger charge is -2.25. The third-order valence-corrected chi connectivity index (χ3v) is 2.46. The lowest BCUT2D eigenvalue weighted by molar-refractivity contribution is 0.0152. The Labute approximate surface area is 73.8 Å². The van der Waals surface area contributed by atoms with Gasteiger partial charge >= 0.3 is 0 Å². The Morgan fingerprint density at radius 1 is 1.17 bits per heavy atom. The van der Waals surface area contributed by atoms with Crippen LogP contribution in [0.2, 0.25) is 0 Å². The standard InChI is InChI=1S/C10H17NO/c1-3-10(12,4-2)9-11-7-5-6-8-11/h5-8,12H,3-4,9H2,1-2H3. The van der Waals surface area contributed by atoms with Crippen molar-refractivity contribution in [3.05, 3.63) is 24.5 Å². The van der Waals surface area contributed by atoms with Crippen molar-refractivity contribution in [2.45, 2.75) is 38.8 Å². The van der Waals surface area contributed by atoms with Gasteiger partial charge in [-0.3, -0.25) is 0 Å². The first kappa shape index (κ1) is 9.33. The Morgan fingerprint density at radius 2 is 1.67 bits per heavy atom. The number of hydrogen-bond acceptors (Lipinski definition) is 1. The van der Waals surface area contributed by atoms with E-state index >= 15 is 0 Å². The van der Waals surface area contributed by atoms with E-state index in [0.29, 0.717) is 6.54 Å². The Kier molecular flexibility index (Phi) is 2.93. The first-order valence-corrected chi connectivity index (χ1v) is 4.53. The van der Waals surface area contributed by atoms with Crippen LogP contribution in [0.25, 0.3) is 0 Å². The van der Waals surface area contributed by atoms with Crippen LogP contribution < -0.4 is 0 Å². The molecule has 0 saturated carbocycles. The van der Waals surface area contributed by atoms with Gasteiger partial charge in [-0.05, 0) is 25.0 Å². The lowest BCUT2D eigenvalue weighted by Crippen LogP contribution is -2.31. The average molecular weight is 167 g/mol. The summed E-state index contributed by atoms with van der Waals surface area (Å²) in [6, 6.07) is 3.96. The minimum atomic E-state index is -0.529. The second-order valence-corrected chi connectivity index (χ2v) is 3.29. The highest BCUT2D eigenvalue weighted by molar-refractivity contribution is 4.92. The van der Waals surface area contributed by atoms with Crippen molar-refractivity contribution in [3.63, 3.8) is 0 Å². The molecule has 0 aliphatic rings. The molecule has 2 heteroatoms. The molecule has 0 unspecified atom stereocenters. The van der Waals surface area contributed by atoms with Crippen molar-refractivity contribution < 1.29 is 5.11 Å². The van der Waals surface area contributed by atoms with Crippen LogP contribution in [-0.2, 0) is 6.54 Å². The summed E-state index contributed by atoms with van der Waals surface area (Å²) in [6.45, 7) is 4.74. The van der Waals surface area contributed by atoms with Gasteiger partial charge in [0, 0.05) is 12.4 Å². The average Bonchev–Trinajstić information content (AvgIpc) is 2.57. The summed E-state index contributed by atoms with van der Waals surface area (Å²) < 4.78 is 2.02. The predicted octanol–water partition coefficient (Wildman–Crippen LogP) is 2.04. The van der Waals surface area contributed by atoms with Crippen LogP contribution in [0.1, 0.15) is 26.7 Å². The molecule has 0 saturated heterocycles. The van der Waals surface area contributed by atoms with E-state index in [4.69, 9.17) is 0 Å². The van der Waals surface area contributed by atoms with Gasteiger partial charge < -0.3 is 9.67 Å². The molecule has 1 heterocycles. The summed E-state index contributed by atoms with van der Waals surface area (Å²) in [4.78, 5) is 0. The number of aliphatic hydroxyl groups is 1. The Bertz CT molecular complexity index is 212. The van der Waals surface area contributed by atoms with Crippen LogP contribution >= 0.6 is 0 Å². The van der Waals surface area contributed by atoms with Crippen molar-refractivity contribution in [2.24, 2.45) is 0 Å². The molecule has 1 N–H and O–H groups in total. The zero-order valence-electron chi connectivity index (χ0n) is 7.83. The van der Waals surface area contributed by atoms with Crippen LogP contribution in [0.3, 0.4) is 0 Å². The van der Waals surface area contributed by atoms with E-state index in [1.165, 1.54) is 0 Å². The fraction of sp³-hybridized carbons (Fsp3) is 0.600. The maximum atomic E-state index is 9.98. The van der Waals surface area contributed by atoms with E-state index in [1.54, 1.807) is 0 Å². The van der Waals surface area contributed by atoms with Gasteiger partial charge in [0.2, 0.25) is 0 Å². The van der Waals surface area contributed by atoms with Gasteiger partial charge in [-0.15, -0.1) is 0 Å². The lowest BCUT2D eigenvalue weighted by atomic mass is 9.98. The zero-order valence-corrected chi connectivity index (χ0v) is 7.83. The third kappa shape index (κ3) is 2.11. The maximum absolute atomic E-state index is 9.98. The van der Waals surface area contributed by atoms with Crippen molar-refractivity contribution in [3.8, 4) is 0 Å². The molecular weight excluding hydrogens is 150 g/mol. The highest BCUT2D eigenvalue weighted by Crippen LogP contribution is 2.16. The van der Waals surface area contributed by atoms with Gasteiger partial charge in [-0.25, -0.2) is 0 Å². The first-order valence-electron chi connectivity index (χ1n) is 4.53. The van der Waals surface area contributed by atoms with Crippen molar-refractivity contribution >= 4 is 0 Å². The van der Waals surface area contributed by atoms with E-state index in [1.807, 2.05) is 42.9 Å². The maximum Gasteiger partial charge on any atom is 0.0820 e. The SMILES string of the molecule is CCC(O)(CC)Cn1cccc1. The summed E-state index contributed by atoms with van der Waals surface area (Å²) in [5, 5.41) is 9.98.